The predicted molar refractivity (Wildman–Crippen MR) is 139 cm³/mol. The number of carbonyl (C=O) groups excluding carboxylic acids is 3. The number of aliphatic carboxylic acids is 1. The smallest absolute Gasteiger partial charge is 0.346 e. The van der Waals surface area contributed by atoms with Crippen LogP contribution in [0.1, 0.15) is 38.0 Å². The van der Waals surface area contributed by atoms with Crippen molar-refractivity contribution in [3.8, 4) is 0 Å². The highest BCUT2D eigenvalue weighted by Gasteiger charge is 2.29. The van der Waals surface area contributed by atoms with Crippen LogP contribution in [0.5, 0.6) is 0 Å². The van der Waals surface area contributed by atoms with Crippen LogP contribution in [0.2, 0.25) is 0 Å². The Morgan fingerprint density at radius 2 is 1.79 bits per heavy atom. The van der Waals surface area contributed by atoms with Crippen molar-refractivity contribution in [3.05, 3.63) is 47.1 Å². The number of carbonyl (C=O) groups is 4. The highest BCUT2D eigenvalue weighted by molar-refractivity contribution is 8.00. The van der Waals surface area contributed by atoms with Crippen LogP contribution in [-0.2, 0) is 36.1 Å². The molecule has 4 N–H and O–H groups in total. The van der Waals surface area contributed by atoms with Gasteiger partial charge in [-0.25, -0.2) is 13.2 Å². The third-order valence-corrected chi connectivity index (χ3v) is 8.79. The Labute approximate surface area is 223 Å². The van der Waals surface area contributed by atoms with Gasteiger partial charge in [-0.05, 0) is 25.5 Å². The van der Waals surface area contributed by atoms with Gasteiger partial charge in [0.2, 0.25) is 5.91 Å². The number of ketones is 2. The van der Waals surface area contributed by atoms with Gasteiger partial charge in [0.25, 0.3) is 0 Å². The molecule has 38 heavy (non-hydrogen) atoms. The van der Waals surface area contributed by atoms with Crippen molar-refractivity contribution in [2.75, 3.05) is 11.5 Å². The minimum Gasteiger partial charge on any atom is -0.481 e. The first-order chi connectivity index (χ1) is 17.8. The number of nitrogens with one attached hydrogen (secondary N) is 1. The van der Waals surface area contributed by atoms with Gasteiger partial charge in [0.15, 0.2) is 15.6 Å². The quantitative estimate of drug-likeness (QED) is 0.244. The standard InChI is InChI=1S/C23H31N5O8S2/c1-15(29)17(24)8-10-20(31)26-18(19(30)9-11-22(32)33)12-37-21(28-23(34)27(2)14-25-28)13-38(35,36)16-6-4-3-5-7-16/h3-7,14,17-18,21H,8-13,24H2,1-2H3,(H,26,31)(H,32,33)/t17-,18-,21?/m0/s1. The zero-order valence-electron chi connectivity index (χ0n) is 21.0. The molecule has 0 aliphatic carbocycles. The van der Waals surface area contributed by atoms with Gasteiger partial charge in [-0.1, -0.05) is 18.2 Å². The monoisotopic (exact) mass is 569 g/mol. The van der Waals surface area contributed by atoms with E-state index in [0.717, 1.165) is 21.0 Å². The number of nitrogens with two attached hydrogens (primary N) is 1. The van der Waals surface area contributed by atoms with E-state index in [-0.39, 0.29) is 35.7 Å². The van der Waals surface area contributed by atoms with Crippen LogP contribution in [0, 0.1) is 0 Å². The van der Waals surface area contributed by atoms with E-state index in [0.29, 0.717) is 0 Å². The molecule has 2 rings (SSSR count). The third-order valence-electron chi connectivity index (χ3n) is 5.55. The number of hydrogen-bond acceptors (Lipinski definition) is 10. The molecule has 0 spiro atoms. The molecule has 13 nitrogen and oxygen atoms in total. The minimum atomic E-state index is -3.88. The molecule has 3 atom stereocenters. The SMILES string of the molecule is CC(=O)[C@@H](N)CCC(=O)N[C@@H](CSC(CS(=O)(=O)c1ccccc1)n1ncn(C)c1=O)C(=O)CCC(=O)O. The van der Waals surface area contributed by atoms with Gasteiger partial charge in [0.05, 0.1) is 29.2 Å². The number of carboxylic acids is 1. The number of nitrogens with zero attached hydrogens (tertiary/aromatic N) is 3. The van der Waals surface area contributed by atoms with Crippen molar-refractivity contribution in [1.29, 1.82) is 0 Å². The summed E-state index contributed by atoms with van der Waals surface area (Å²) in [6.45, 7) is 1.29. The first kappa shape index (κ1) is 30.9. The lowest BCUT2D eigenvalue weighted by molar-refractivity contribution is -0.138. The van der Waals surface area contributed by atoms with Crippen LogP contribution in [-0.4, -0.2) is 74.9 Å². The average Bonchev–Trinajstić information content (AvgIpc) is 3.20. The number of rotatable bonds is 16. The average molecular weight is 570 g/mol. The summed E-state index contributed by atoms with van der Waals surface area (Å²) in [6.07, 6.45) is 0.284. The second-order valence-electron chi connectivity index (χ2n) is 8.59. The number of amides is 1. The van der Waals surface area contributed by atoms with Crippen LogP contribution in [0.25, 0.3) is 0 Å². The first-order valence-corrected chi connectivity index (χ1v) is 14.3. The van der Waals surface area contributed by atoms with Crippen molar-refractivity contribution < 1.29 is 32.7 Å². The van der Waals surface area contributed by atoms with Crippen molar-refractivity contribution in [3.63, 3.8) is 0 Å². The van der Waals surface area contributed by atoms with E-state index < -0.39 is 62.8 Å². The summed E-state index contributed by atoms with van der Waals surface area (Å²) in [5.41, 5.74) is 5.08. The Morgan fingerprint density at radius 3 is 2.34 bits per heavy atom. The molecule has 1 heterocycles. The Balaban J connectivity index is 2.26. The summed E-state index contributed by atoms with van der Waals surface area (Å²) < 4.78 is 28.3. The molecule has 0 bridgehead atoms. The number of thioether (sulfide) groups is 1. The molecule has 1 aromatic heterocycles. The third kappa shape index (κ3) is 9.22. The molecule has 1 unspecified atom stereocenters. The lowest BCUT2D eigenvalue weighted by atomic mass is 10.1. The maximum Gasteiger partial charge on any atom is 0.346 e. The normalized spacial score (nSPS) is 13.9. The molecule has 0 saturated carbocycles. The minimum absolute atomic E-state index is 0.0405. The van der Waals surface area contributed by atoms with Crippen molar-refractivity contribution in [2.24, 2.45) is 12.8 Å². The molecule has 15 heteroatoms. The maximum absolute atomic E-state index is 13.1. The molecule has 0 saturated heterocycles. The summed E-state index contributed by atoms with van der Waals surface area (Å²) >= 11 is 0.912. The van der Waals surface area contributed by atoms with Gasteiger partial charge in [0.1, 0.15) is 17.5 Å². The number of benzene rings is 1. The lowest BCUT2D eigenvalue weighted by Gasteiger charge is -2.21. The molecular formula is C23H31N5O8S2. The van der Waals surface area contributed by atoms with E-state index in [9.17, 15) is 32.4 Å². The number of hydrogen-bond donors (Lipinski definition) is 3. The van der Waals surface area contributed by atoms with Gasteiger partial charge in [-0.3, -0.25) is 23.7 Å². The van der Waals surface area contributed by atoms with Gasteiger partial charge < -0.3 is 16.2 Å². The molecule has 1 amide bonds. The van der Waals surface area contributed by atoms with Crippen LogP contribution in [0.4, 0.5) is 0 Å². The molecule has 0 radical (unpaired) electrons. The van der Waals surface area contributed by atoms with Gasteiger partial charge in [0, 0.05) is 25.6 Å². The second-order valence-corrected chi connectivity index (χ2v) is 11.8. The Morgan fingerprint density at radius 1 is 1.13 bits per heavy atom. The van der Waals surface area contributed by atoms with Crippen molar-refractivity contribution in [1.82, 2.24) is 19.7 Å². The summed E-state index contributed by atoms with van der Waals surface area (Å²) in [6, 6.07) is 5.60. The van der Waals surface area contributed by atoms with Gasteiger partial charge in [-0.2, -0.15) is 9.78 Å². The fourth-order valence-corrected chi connectivity index (χ4v) is 6.45. The first-order valence-electron chi connectivity index (χ1n) is 11.6. The van der Waals surface area contributed by atoms with Crippen LogP contribution in [0.15, 0.2) is 46.3 Å². The lowest BCUT2D eigenvalue weighted by Crippen LogP contribution is -2.44. The highest BCUT2D eigenvalue weighted by Crippen LogP contribution is 2.27. The molecule has 0 aliphatic rings. The molecular weight excluding hydrogens is 538 g/mol. The van der Waals surface area contributed by atoms with E-state index >= 15 is 0 Å². The molecule has 0 aliphatic heterocycles. The number of carboxylic acid groups (broad SMARTS) is 1. The Kier molecular flexibility index (Phi) is 11.4. The number of aryl methyl sites for hydroxylation is 1. The molecule has 2 aromatic rings. The number of Topliss-reactive ketones (excluding diaryl/α,β-unsaturated/α-hetero) is 2. The Bertz CT molecular complexity index is 1310. The largest absolute Gasteiger partial charge is 0.481 e. The zero-order valence-corrected chi connectivity index (χ0v) is 22.6. The van der Waals surface area contributed by atoms with E-state index in [4.69, 9.17) is 10.8 Å². The van der Waals surface area contributed by atoms with Gasteiger partial charge in [-0.15, -0.1) is 11.8 Å². The fraction of sp³-hybridized carbons (Fsp3) is 0.478. The van der Waals surface area contributed by atoms with Crippen molar-refractivity contribution in [2.45, 2.75) is 55.0 Å². The summed E-state index contributed by atoms with van der Waals surface area (Å²) in [5, 5.41) is 14.4. The molecule has 1 aromatic carbocycles. The Hall–Kier alpha value is -3.30. The van der Waals surface area contributed by atoms with Crippen LogP contribution in [0.3, 0.4) is 0 Å². The van der Waals surface area contributed by atoms with Crippen molar-refractivity contribution >= 4 is 45.0 Å². The van der Waals surface area contributed by atoms with E-state index in [1.807, 2.05) is 0 Å². The summed E-state index contributed by atoms with van der Waals surface area (Å²) in [5.74, 6) is -3.36. The van der Waals surface area contributed by atoms with E-state index in [2.05, 4.69) is 10.4 Å². The fourth-order valence-electron chi connectivity index (χ4n) is 3.28. The maximum atomic E-state index is 13.1. The molecule has 0 fully saturated rings. The second kappa shape index (κ2) is 14.0. The summed E-state index contributed by atoms with van der Waals surface area (Å²) in [7, 11) is -2.43. The predicted octanol–water partition coefficient (Wildman–Crippen LogP) is -0.0973. The number of sulfone groups is 1. The molecule has 208 valence electrons. The topological polar surface area (TPSA) is 201 Å². The van der Waals surface area contributed by atoms with Crippen LogP contribution >= 0.6 is 11.8 Å². The summed E-state index contributed by atoms with van der Waals surface area (Å²) in [4.78, 5) is 60.2. The van der Waals surface area contributed by atoms with E-state index in [1.54, 1.807) is 18.2 Å². The van der Waals surface area contributed by atoms with E-state index in [1.165, 1.54) is 32.4 Å². The van der Waals surface area contributed by atoms with Crippen LogP contribution < -0.4 is 16.7 Å². The number of aromatic nitrogens is 3. The zero-order chi connectivity index (χ0) is 28.5. The highest BCUT2D eigenvalue weighted by atomic mass is 32.2. The van der Waals surface area contributed by atoms with Gasteiger partial charge >= 0.3 is 11.7 Å².